The SMILES string of the molecule is Cc1ccc(N(CCCC(=O)N(Cc2cccc(C)c2)C(C)C(=O)NC2CCCCC2)S(C)(=O)=O)cc1. The van der Waals surface area contributed by atoms with Crippen LogP contribution in [0.4, 0.5) is 5.69 Å². The molecule has 2 aromatic rings. The number of rotatable bonds is 11. The average molecular weight is 528 g/mol. The third-order valence-electron chi connectivity index (χ3n) is 7.03. The molecule has 1 fully saturated rings. The highest BCUT2D eigenvalue weighted by molar-refractivity contribution is 7.92. The molecule has 0 spiro atoms. The number of hydrogen-bond donors (Lipinski definition) is 1. The predicted molar refractivity (Wildman–Crippen MR) is 149 cm³/mol. The van der Waals surface area contributed by atoms with Crippen LogP contribution in [0.2, 0.25) is 0 Å². The molecule has 1 saturated carbocycles. The Labute approximate surface area is 222 Å². The zero-order chi connectivity index (χ0) is 27.0. The summed E-state index contributed by atoms with van der Waals surface area (Å²) in [6.07, 6.45) is 7.05. The highest BCUT2D eigenvalue weighted by Crippen LogP contribution is 2.21. The lowest BCUT2D eigenvalue weighted by Crippen LogP contribution is -2.50. The van der Waals surface area contributed by atoms with Crippen molar-refractivity contribution in [3.8, 4) is 0 Å². The van der Waals surface area contributed by atoms with Gasteiger partial charge in [0.1, 0.15) is 6.04 Å². The summed E-state index contributed by atoms with van der Waals surface area (Å²) in [7, 11) is -3.50. The van der Waals surface area contributed by atoms with Gasteiger partial charge in [0.15, 0.2) is 0 Å². The Bertz CT molecular complexity index is 1160. The third-order valence-corrected chi connectivity index (χ3v) is 8.22. The molecule has 7 nitrogen and oxygen atoms in total. The Kier molecular flexibility index (Phi) is 10.1. The third kappa shape index (κ3) is 8.59. The molecule has 8 heteroatoms. The van der Waals surface area contributed by atoms with Gasteiger partial charge in [0.05, 0.1) is 11.9 Å². The van der Waals surface area contributed by atoms with Crippen LogP contribution in [0.3, 0.4) is 0 Å². The van der Waals surface area contributed by atoms with E-state index >= 15 is 0 Å². The predicted octanol–water partition coefficient (Wildman–Crippen LogP) is 4.72. The molecule has 0 radical (unpaired) electrons. The Balaban J connectivity index is 1.71. The number of nitrogens with zero attached hydrogens (tertiary/aromatic N) is 2. The topological polar surface area (TPSA) is 86.8 Å². The molecule has 0 bridgehead atoms. The van der Waals surface area contributed by atoms with Crippen LogP contribution in [-0.2, 0) is 26.2 Å². The molecule has 1 unspecified atom stereocenters. The zero-order valence-corrected chi connectivity index (χ0v) is 23.4. The Morgan fingerprint density at radius 2 is 1.68 bits per heavy atom. The first-order valence-electron chi connectivity index (χ1n) is 13.2. The molecule has 0 heterocycles. The summed E-state index contributed by atoms with van der Waals surface area (Å²) >= 11 is 0. The van der Waals surface area contributed by atoms with Crippen LogP contribution in [-0.4, -0.2) is 50.0 Å². The van der Waals surface area contributed by atoms with Gasteiger partial charge in [0.2, 0.25) is 21.8 Å². The molecule has 2 amide bonds. The van der Waals surface area contributed by atoms with Crippen LogP contribution in [0.5, 0.6) is 0 Å². The molecule has 202 valence electrons. The second-order valence-corrected chi connectivity index (χ2v) is 12.2. The summed E-state index contributed by atoms with van der Waals surface area (Å²) in [6, 6.07) is 14.8. The van der Waals surface area contributed by atoms with E-state index in [1.807, 2.05) is 50.2 Å². The number of benzene rings is 2. The van der Waals surface area contributed by atoms with E-state index in [1.165, 1.54) is 17.0 Å². The fraction of sp³-hybridized carbons (Fsp3) is 0.517. The lowest BCUT2D eigenvalue weighted by atomic mass is 9.95. The van der Waals surface area contributed by atoms with Gasteiger partial charge in [0.25, 0.3) is 0 Å². The molecule has 0 aromatic heterocycles. The van der Waals surface area contributed by atoms with Gasteiger partial charge in [-0.3, -0.25) is 13.9 Å². The number of carbonyl (C=O) groups is 2. The van der Waals surface area contributed by atoms with Crippen molar-refractivity contribution in [2.24, 2.45) is 0 Å². The molecule has 37 heavy (non-hydrogen) atoms. The first-order chi connectivity index (χ1) is 17.5. The second-order valence-electron chi connectivity index (χ2n) is 10.3. The van der Waals surface area contributed by atoms with Crippen LogP contribution < -0.4 is 9.62 Å². The summed E-state index contributed by atoms with van der Waals surface area (Å²) in [4.78, 5) is 28.2. The van der Waals surface area contributed by atoms with Crippen molar-refractivity contribution in [2.75, 3.05) is 17.1 Å². The van der Waals surface area contributed by atoms with Gasteiger partial charge in [-0.15, -0.1) is 0 Å². The summed E-state index contributed by atoms with van der Waals surface area (Å²) in [6.45, 7) is 6.24. The molecular weight excluding hydrogens is 486 g/mol. The monoisotopic (exact) mass is 527 g/mol. The van der Waals surface area contributed by atoms with E-state index in [1.54, 1.807) is 24.0 Å². The first kappa shape index (κ1) is 28.7. The minimum absolute atomic E-state index is 0.134. The largest absolute Gasteiger partial charge is 0.352 e. The number of amides is 2. The summed E-state index contributed by atoms with van der Waals surface area (Å²) in [5.74, 6) is -0.296. The van der Waals surface area contributed by atoms with Crippen molar-refractivity contribution in [1.82, 2.24) is 10.2 Å². The van der Waals surface area contributed by atoms with Crippen molar-refractivity contribution in [1.29, 1.82) is 0 Å². The van der Waals surface area contributed by atoms with E-state index in [4.69, 9.17) is 0 Å². The van der Waals surface area contributed by atoms with Crippen molar-refractivity contribution >= 4 is 27.5 Å². The molecule has 0 saturated heterocycles. The van der Waals surface area contributed by atoms with Gasteiger partial charge in [-0.25, -0.2) is 8.42 Å². The molecule has 0 aliphatic heterocycles. The molecule has 1 atom stereocenters. The maximum absolute atomic E-state index is 13.5. The van der Waals surface area contributed by atoms with Gasteiger partial charge >= 0.3 is 0 Å². The molecular formula is C29H41N3O4S. The molecule has 2 aromatic carbocycles. The summed E-state index contributed by atoms with van der Waals surface area (Å²) < 4.78 is 26.3. The summed E-state index contributed by atoms with van der Waals surface area (Å²) in [5.41, 5.74) is 3.67. The standard InChI is InChI=1S/C29H41N3O4S/c1-22-15-17-27(18-16-22)32(37(4,35)36)19-9-14-28(33)31(21-25-11-8-10-23(2)20-25)24(3)29(34)30-26-12-6-5-7-13-26/h8,10-11,15-18,20,24,26H,5-7,9,12-14,19,21H2,1-4H3,(H,30,34). The fourth-order valence-corrected chi connectivity index (χ4v) is 5.84. The molecule has 3 rings (SSSR count). The lowest BCUT2D eigenvalue weighted by molar-refractivity contribution is -0.141. The Hall–Kier alpha value is -2.87. The molecule has 1 aliphatic carbocycles. The summed E-state index contributed by atoms with van der Waals surface area (Å²) in [5, 5.41) is 3.15. The highest BCUT2D eigenvalue weighted by atomic mass is 32.2. The van der Waals surface area contributed by atoms with E-state index in [-0.39, 0.29) is 30.8 Å². The fourth-order valence-electron chi connectivity index (χ4n) is 4.87. The normalized spacial score (nSPS) is 15.1. The number of carbonyl (C=O) groups excluding carboxylic acids is 2. The number of hydrogen-bond acceptors (Lipinski definition) is 4. The Morgan fingerprint density at radius 1 is 1.00 bits per heavy atom. The molecule has 1 N–H and O–H groups in total. The van der Waals surface area contributed by atoms with E-state index in [0.29, 0.717) is 18.7 Å². The van der Waals surface area contributed by atoms with Crippen LogP contribution in [0.1, 0.15) is 68.6 Å². The smallest absolute Gasteiger partial charge is 0.242 e. The van der Waals surface area contributed by atoms with Crippen LogP contribution in [0.25, 0.3) is 0 Å². The van der Waals surface area contributed by atoms with Gasteiger partial charge < -0.3 is 10.2 Å². The number of anilines is 1. The lowest BCUT2D eigenvalue weighted by Gasteiger charge is -2.31. The maximum Gasteiger partial charge on any atom is 0.242 e. The van der Waals surface area contributed by atoms with Crippen LogP contribution in [0, 0.1) is 13.8 Å². The quantitative estimate of drug-likeness (QED) is 0.458. The van der Waals surface area contributed by atoms with Gasteiger partial charge in [-0.2, -0.15) is 0 Å². The number of sulfonamides is 1. The number of nitrogens with one attached hydrogen (secondary N) is 1. The van der Waals surface area contributed by atoms with Crippen molar-refractivity contribution in [3.63, 3.8) is 0 Å². The zero-order valence-electron chi connectivity index (χ0n) is 22.6. The van der Waals surface area contributed by atoms with Gasteiger partial charge in [0, 0.05) is 25.6 Å². The minimum atomic E-state index is -3.50. The second kappa shape index (κ2) is 13.1. The van der Waals surface area contributed by atoms with Crippen molar-refractivity contribution in [3.05, 3.63) is 65.2 Å². The number of aryl methyl sites for hydroxylation is 2. The molecule has 1 aliphatic rings. The highest BCUT2D eigenvalue weighted by Gasteiger charge is 2.28. The van der Waals surface area contributed by atoms with Gasteiger partial charge in [-0.1, -0.05) is 66.8 Å². The van der Waals surface area contributed by atoms with E-state index < -0.39 is 16.1 Å². The maximum atomic E-state index is 13.5. The van der Waals surface area contributed by atoms with Gasteiger partial charge in [-0.05, 0) is 57.7 Å². The first-order valence-corrected chi connectivity index (χ1v) is 15.1. The minimum Gasteiger partial charge on any atom is -0.352 e. The van der Waals surface area contributed by atoms with E-state index in [0.717, 1.165) is 42.4 Å². The van der Waals surface area contributed by atoms with E-state index in [9.17, 15) is 18.0 Å². The van der Waals surface area contributed by atoms with Crippen LogP contribution >= 0.6 is 0 Å². The van der Waals surface area contributed by atoms with E-state index in [2.05, 4.69) is 5.32 Å². The van der Waals surface area contributed by atoms with Crippen molar-refractivity contribution in [2.45, 2.75) is 84.3 Å². The van der Waals surface area contributed by atoms with Crippen LogP contribution in [0.15, 0.2) is 48.5 Å². The average Bonchev–Trinajstić information content (AvgIpc) is 2.85. The van der Waals surface area contributed by atoms with Crippen molar-refractivity contribution < 1.29 is 18.0 Å². The Morgan fingerprint density at radius 3 is 2.30 bits per heavy atom.